The number of nitrogens with one attached hydrogen (secondary N) is 2. The van der Waals surface area contributed by atoms with Gasteiger partial charge in [-0.05, 0) is 36.8 Å². The Morgan fingerprint density at radius 2 is 1.73 bits per heavy atom. The van der Waals surface area contributed by atoms with Gasteiger partial charge in [0.1, 0.15) is 5.75 Å². The minimum Gasteiger partial charge on any atom is -0.495 e. The molecule has 0 saturated carbocycles. The lowest BCUT2D eigenvalue weighted by atomic mass is 10.1. The molecule has 0 saturated heterocycles. The molecule has 114 valence electrons. The van der Waals surface area contributed by atoms with Crippen LogP contribution in [0.15, 0.2) is 42.5 Å². The van der Waals surface area contributed by atoms with E-state index in [-0.39, 0.29) is 11.8 Å². The van der Waals surface area contributed by atoms with E-state index in [9.17, 15) is 9.59 Å². The molecule has 0 aliphatic rings. The number of ether oxygens (including phenoxy) is 1. The van der Waals surface area contributed by atoms with Crippen LogP contribution in [0.2, 0.25) is 0 Å². The van der Waals surface area contributed by atoms with Crippen LogP contribution in [-0.4, -0.2) is 18.9 Å². The minimum atomic E-state index is -0.247. The third-order valence-electron chi connectivity index (χ3n) is 3.17. The zero-order chi connectivity index (χ0) is 16.1. The topological polar surface area (TPSA) is 67.4 Å². The van der Waals surface area contributed by atoms with E-state index < -0.39 is 0 Å². The number of aryl methyl sites for hydroxylation is 1. The van der Waals surface area contributed by atoms with E-state index in [0.717, 1.165) is 11.3 Å². The van der Waals surface area contributed by atoms with Crippen molar-refractivity contribution in [1.82, 2.24) is 0 Å². The van der Waals surface area contributed by atoms with Crippen molar-refractivity contribution in [2.45, 2.75) is 13.8 Å². The summed E-state index contributed by atoms with van der Waals surface area (Å²) in [6, 6.07) is 12.4. The summed E-state index contributed by atoms with van der Waals surface area (Å²) in [6.45, 7) is 3.33. The molecular weight excluding hydrogens is 280 g/mol. The molecule has 0 heterocycles. The van der Waals surface area contributed by atoms with E-state index in [2.05, 4.69) is 10.6 Å². The van der Waals surface area contributed by atoms with Gasteiger partial charge in [0.2, 0.25) is 5.91 Å². The quantitative estimate of drug-likeness (QED) is 0.910. The molecule has 0 aliphatic carbocycles. The van der Waals surface area contributed by atoms with E-state index in [0.29, 0.717) is 17.0 Å². The van der Waals surface area contributed by atoms with Gasteiger partial charge in [-0.15, -0.1) is 0 Å². The maximum atomic E-state index is 12.3. The van der Waals surface area contributed by atoms with Crippen molar-refractivity contribution >= 4 is 23.2 Å². The van der Waals surface area contributed by atoms with Gasteiger partial charge in [0, 0.05) is 18.2 Å². The molecule has 2 rings (SSSR count). The van der Waals surface area contributed by atoms with Crippen molar-refractivity contribution < 1.29 is 14.3 Å². The third-order valence-corrected chi connectivity index (χ3v) is 3.17. The van der Waals surface area contributed by atoms with Crippen molar-refractivity contribution in [3.05, 3.63) is 53.6 Å². The molecule has 5 heteroatoms. The van der Waals surface area contributed by atoms with Gasteiger partial charge in [-0.2, -0.15) is 0 Å². The lowest BCUT2D eigenvalue weighted by Crippen LogP contribution is -2.14. The Kier molecular flexibility index (Phi) is 4.78. The van der Waals surface area contributed by atoms with Crippen molar-refractivity contribution in [2.24, 2.45) is 0 Å². The van der Waals surface area contributed by atoms with Gasteiger partial charge in [-0.1, -0.05) is 18.2 Å². The molecule has 0 atom stereocenters. The molecule has 0 fully saturated rings. The van der Waals surface area contributed by atoms with E-state index in [1.807, 2.05) is 31.2 Å². The van der Waals surface area contributed by atoms with E-state index in [1.165, 1.54) is 14.0 Å². The number of methoxy groups -OCH3 is 1. The predicted molar refractivity (Wildman–Crippen MR) is 86.4 cm³/mol. The lowest BCUT2D eigenvalue weighted by molar-refractivity contribution is -0.114. The second kappa shape index (κ2) is 6.76. The standard InChI is InChI=1S/C17H18N2O3/c1-11-6-4-5-7-14(11)19-17(21)13-8-9-16(22-3)15(10-13)18-12(2)20/h4-10H,1-3H3,(H,18,20)(H,19,21). The van der Waals surface area contributed by atoms with Crippen molar-refractivity contribution in [2.75, 3.05) is 17.7 Å². The normalized spacial score (nSPS) is 9.95. The van der Waals surface area contributed by atoms with Crippen molar-refractivity contribution in [3.8, 4) is 5.75 Å². The summed E-state index contributed by atoms with van der Waals surface area (Å²) in [5.74, 6) is 0.0287. The zero-order valence-electron chi connectivity index (χ0n) is 12.8. The molecule has 0 unspecified atom stereocenters. The molecule has 2 amide bonds. The van der Waals surface area contributed by atoms with Crippen LogP contribution < -0.4 is 15.4 Å². The molecule has 0 bridgehead atoms. The first-order chi connectivity index (χ1) is 10.5. The molecule has 0 radical (unpaired) electrons. The first-order valence-corrected chi connectivity index (χ1v) is 6.84. The summed E-state index contributed by atoms with van der Waals surface area (Å²) in [6.07, 6.45) is 0. The van der Waals surface area contributed by atoms with Gasteiger partial charge >= 0.3 is 0 Å². The fourth-order valence-corrected chi connectivity index (χ4v) is 2.04. The second-order valence-corrected chi connectivity index (χ2v) is 4.87. The van der Waals surface area contributed by atoms with E-state index >= 15 is 0 Å². The number of carbonyl (C=O) groups is 2. The summed E-state index contributed by atoms with van der Waals surface area (Å²) in [5, 5.41) is 5.50. The smallest absolute Gasteiger partial charge is 0.255 e. The molecule has 2 aromatic rings. The molecular formula is C17H18N2O3. The number of hydrogen-bond acceptors (Lipinski definition) is 3. The predicted octanol–water partition coefficient (Wildman–Crippen LogP) is 3.21. The Hall–Kier alpha value is -2.82. The first kappa shape index (κ1) is 15.6. The number of amides is 2. The molecule has 22 heavy (non-hydrogen) atoms. The highest BCUT2D eigenvalue weighted by molar-refractivity contribution is 6.06. The van der Waals surface area contributed by atoms with E-state index in [1.54, 1.807) is 18.2 Å². The Morgan fingerprint density at radius 3 is 2.36 bits per heavy atom. The van der Waals surface area contributed by atoms with Crippen LogP contribution in [0.1, 0.15) is 22.8 Å². The van der Waals surface area contributed by atoms with Crippen LogP contribution in [-0.2, 0) is 4.79 Å². The highest BCUT2D eigenvalue weighted by atomic mass is 16.5. The molecule has 0 aromatic heterocycles. The average Bonchev–Trinajstić information content (AvgIpc) is 2.49. The minimum absolute atomic E-state index is 0.227. The SMILES string of the molecule is COc1ccc(C(=O)Nc2ccccc2C)cc1NC(C)=O. The third kappa shape index (κ3) is 3.63. The van der Waals surface area contributed by atoms with Crippen LogP contribution in [0.4, 0.5) is 11.4 Å². The fourth-order valence-electron chi connectivity index (χ4n) is 2.04. The van der Waals surface area contributed by atoms with Crippen LogP contribution in [0.25, 0.3) is 0 Å². The maximum absolute atomic E-state index is 12.3. The number of rotatable bonds is 4. The first-order valence-electron chi connectivity index (χ1n) is 6.84. The molecule has 0 spiro atoms. The molecule has 2 N–H and O–H groups in total. The number of anilines is 2. The highest BCUT2D eigenvalue weighted by Crippen LogP contribution is 2.26. The average molecular weight is 298 g/mol. The van der Waals surface area contributed by atoms with Crippen molar-refractivity contribution in [1.29, 1.82) is 0 Å². The number of carbonyl (C=O) groups excluding carboxylic acids is 2. The van der Waals surface area contributed by atoms with Crippen LogP contribution in [0.3, 0.4) is 0 Å². The van der Waals surface area contributed by atoms with Gasteiger partial charge in [0.15, 0.2) is 0 Å². The lowest BCUT2D eigenvalue weighted by Gasteiger charge is -2.12. The molecule has 0 aliphatic heterocycles. The summed E-state index contributed by atoms with van der Waals surface area (Å²) < 4.78 is 5.17. The summed E-state index contributed by atoms with van der Waals surface area (Å²) >= 11 is 0. The number of benzene rings is 2. The van der Waals surface area contributed by atoms with Crippen LogP contribution in [0, 0.1) is 6.92 Å². The Balaban J connectivity index is 2.26. The second-order valence-electron chi connectivity index (χ2n) is 4.87. The highest BCUT2D eigenvalue weighted by Gasteiger charge is 2.12. The number of para-hydroxylation sites is 1. The Labute approximate surface area is 129 Å². The fraction of sp³-hybridized carbons (Fsp3) is 0.176. The summed E-state index contributed by atoms with van der Waals surface area (Å²) in [4.78, 5) is 23.6. The summed E-state index contributed by atoms with van der Waals surface area (Å²) in [5.41, 5.74) is 2.64. The van der Waals surface area contributed by atoms with Gasteiger partial charge in [0.05, 0.1) is 12.8 Å². The Morgan fingerprint density at radius 1 is 1.00 bits per heavy atom. The monoisotopic (exact) mass is 298 g/mol. The van der Waals surface area contributed by atoms with Gasteiger partial charge in [0.25, 0.3) is 5.91 Å². The molecule has 5 nitrogen and oxygen atoms in total. The van der Waals surface area contributed by atoms with E-state index in [4.69, 9.17) is 4.74 Å². The Bertz CT molecular complexity index is 711. The van der Waals surface area contributed by atoms with Crippen LogP contribution >= 0.6 is 0 Å². The van der Waals surface area contributed by atoms with Crippen LogP contribution in [0.5, 0.6) is 5.75 Å². The summed E-state index contributed by atoms with van der Waals surface area (Å²) in [7, 11) is 1.51. The van der Waals surface area contributed by atoms with Crippen molar-refractivity contribution in [3.63, 3.8) is 0 Å². The largest absolute Gasteiger partial charge is 0.495 e. The van der Waals surface area contributed by atoms with Gasteiger partial charge in [-0.3, -0.25) is 9.59 Å². The molecule has 2 aromatic carbocycles. The number of hydrogen-bond donors (Lipinski definition) is 2. The maximum Gasteiger partial charge on any atom is 0.255 e. The zero-order valence-corrected chi connectivity index (χ0v) is 12.8. The van der Waals surface area contributed by atoms with Gasteiger partial charge in [-0.25, -0.2) is 0 Å². The van der Waals surface area contributed by atoms with Gasteiger partial charge < -0.3 is 15.4 Å².